The summed E-state index contributed by atoms with van der Waals surface area (Å²) in [5.74, 6) is 3.08. The number of likely N-dealkylation sites (N-methyl/N-ethyl adjacent to an activating group) is 1. The molecule has 0 bridgehead atoms. The van der Waals surface area contributed by atoms with Gasteiger partial charge in [0.15, 0.2) is 17.5 Å². The molecule has 0 radical (unpaired) electrons. The van der Waals surface area contributed by atoms with E-state index in [0.29, 0.717) is 12.5 Å². The number of carbonyl (C=O) groups excluding carboxylic acids is 1. The smallest absolute Gasteiger partial charge is 0.241 e. The van der Waals surface area contributed by atoms with E-state index in [-0.39, 0.29) is 18.6 Å². The van der Waals surface area contributed by atoms with E-state index in [1.54, 1.807) is 37.9 Å². The molecule has 29 heavy (non-hydrogen) atoms. The van der Waals surface area contributed by atoms with Gasteiger partial charge in [0.2, 0.25) is 5.91 Å². The number of thioether (sulfide) groups is 1. The number of aliphatic imine (C=N–C) groups is 1. The number of amides is 1. The first kappa shape index (κ1) is 23.2. The van der Waals surface area contributed by atoms with Crippen molar-refractivity contribution in [2.45, 2.75) is 38.3 Å². The van der Waals surface area contributed by atoms with Gasteiger partial charge in [-0.3, -0.25) is 4.79 Å². The molecular formula is C21H34N4O3S. The average molecular weight is 423 g/mol. The van der Waals surface area contributed by atoms with E-state index in [4.69, 9.17) is 9.47 Å². The largest absolute Gasteiger partial charge is 0.493 e. The monoisotopic (exact) mass is 422 g/mol. The predicted octanol–water partition coefficient (Wildman–Crippen LogP) is 2.50. The Balaban J connectivity index is 2.13. The third-order valence-electron chi connectivity index (χ3n) is 4.78. The number of ether oxygens (including phenoxy) is 2. The summed E-state index contributed by atoms with van der Waals surface area (Å²) in [5, 5.41) is 6.40. The minimum absolute atomic E-state index is 0.00370. The molecule has 1 aromatic carbocycles. The van der Waals surface area contributed by atoms with Crippen LogP contribution in [0.5, 0.6) is 11.5 Å². The first-order valence-corrected chi connectivity index (χ1v) is 11.5. The maximum Gasteiger partial charge on any atom is 0.241 e. The lowest BCUT2D eigenvalue weighted by Crippen LogP contribution is -2.43. The standard InChI is InChI=1S/C21H34N4O3S/c1-25(2)19(26)15-24-21(22-12-13-29-4)23-14-16-8-7-11-18(27-3)20(16)28-17-9-5-6-10-17/h7-8,11,17H,5-6,9-10,12-15H2,1-4H3,(H2,22,23,24). The van der Waals surface area contributed by atoms with Crippen LogP contribution in [0.2, 0.25) is 0 Å². The minimum atomic E-state index is -0.00370. The van der Waals surface area contributed by atoms with Crippen molar-refractivity contribution in [1.29, 1.82) is 0 Å². The molecule has 0 atom stereocenters. The minimum Gasteiger partial charge on any atom is -0.493 e. The second-order valence-electron chi connectivity index (χ2n) is 7.20. The maximum atomic E-state index is 11.9. The highest BCUT2D eigenvalue weighted by atomic mass is 32.2. The molecule has 1 amide bonds. The molecule has 8 heteroatoms. The van der Waals surface area contributed by atoms with Crippen LogP contribution in [0.25, 0.3) is 0 Å². The molecule has 1 aromatic rings. The molecule has 1 fully saturated rings. The summed E-state index contributed by atoms with van der Waals surface area (Å²) in [6, 6.07) is 5.89. The van der Waals surface area contributed by atoms with Gasteiger partial charge in [0.05, 0.1) is 26.3 Å². The first-order chi connectivity index (χ1) is 14.0. The Morgan fingerprint density at radius 1 is 1.28 bits per heavy atom. The van der Waals surface area contributed by atoms with Crippen LogP contribution >= 0.6 is 11.8 Å². The summed E-state index contributed by atoms with van der Waals surface area (Å²) < 4.78 is 11.8. The van der Waals surface area contributed by atoms with Crippen molar-refractivity contribution in [3.63, 3.8) is 0 Å². The van der Waals surface area contributed by atoms with Crippen molar-refractivity contribution in [3.05, 3.63) is 23.8 Å². The molecule has 0 saturated heterocycles. The number of hydrogen-bond donors (Lipinski definition) is 2. The molecule has 162 valence electrons. The quantitative estimate of drug-likeness (QED) is 0.343. The van der Waals surface area contributed by atoms with Gasteiger partial charge in [-0.2, -0.15) is 11.8 Å². The van der Waals surface area contributed by atoms with Gasteiger partial charge in [-0.25, -0.2) is 4.99 Å². The summed E-state index contributed by atoms with van der Waals surface area (Å²) >= 11 is 1.76. The molecule has 0 unspecified atom stereocenters. The Hall–Kier alpha value is -2.09. The summed E-state index contributed by atoms with van der Waals surface area (Å²) in [6.07, 6.45) is 6.88. The van der Waals surface area contributed by atoms with Gasteiger partial charge in [-0.15, -0.1) is 0 Å². The number of hydrogen-bond acceptors (Lipinski definition) is 5. The van der Waals surface area contributed by atoms with Gasteiger partial charge in [0, 0.05) is 32.0 Å². The first-order valence-electron chi connectivity index (χ1n) is 10.1. The van der Waals surface area contributed by atoms with E-state index in [1.807, 2.05) is 18.2 Å². The molecule has 0 aliphatic heterocycles. The number of guanidine groups is 1. The van der Waals surface area contributed by atoms with Crippen LogP contribution in [0.1, 0.15) is 31.2 Å². The van der Waals surface area contributed by atoms with Crippen molar-refractivity contribution >= 4 is 23.6 Å². The van der Waals surface area contributed by atoms with Gasteiger partial charge >= 0.3 is 0 Å². The SMILES string of the molecule is COc1cccc(CN=C(NCCSC)NCC(=O)N(C)C)c1OC1CCCC1. The van der Waals surface area contributed by atoms with Crippen LogP contribution in [-0.4, -0.2) is 69.2 Å². The molecule has 1 aliphatic carbocycles. The Bertz CT molecular complexity index is 676. The number of nitrogens with zero attached hydrogens (tertiary/aromatic N) is 2. The number of benzene rings is 1. The number of rotatable bonds is 10. The molecular weight excluding hydrogens is 388 g/mol. The molecule has 0 spiro atoms. The summed E-state index contributed by atoms with van der Waals surface area (Å²) in [6.45, 7) is 1.40. The second-order valence-corrected chi connectivity index (χ2v) is 8.18. The van der Waals surface area contributed by atoms with Crippen molar-refractivity contribution in [1.82, 2.24) is 15.5 Å². The van der Waals surface area contributed by atoms with Crippen molar-refractivity contribution in [2.24, 2.45) is 4.99 Å². The molecule has 0 heterocycles. The lowest BCUT2D eigenvalue weighted by molar-refractivity contribution is -0.127. The van der Waals surface area contributed by atoms with Crippen LogP contribution in [0.15, 0.2) is 23.2 Å². The van der Waals surface area contributed by atoms with Crippen molar-refractivity contribution in [2.75, 3.05) is 46.3 Å². The predicted molar refractivity (Wildman–Crippen MR) is 120 cm³/mol. The number of nitrogens with one attached hydrogen (secondary N) is 2. The lowest BCUT2D eigenvalue weighted by atomic mass is 10.1. The van der Waals surface area contributed by atoms with E-state index in [2.05, 4.69) is 21.9 Å². The Labute approximate surface area is 178 Å². The van der Waals surface area contributed by atoms with E-state index in [0.717, 1.165) is 42.2 Å². The average Bonchev–Trinajstić information content (AvgIpc) is 3.23. The van der Waals surface area contributed by atoms with Crippen LogP contribution in [0, 0.1) is 0 Å². The fraction of sp³-hybridized carbons (Fsp3) is 0.619. The fourth-order valence-electron chi connectivity index (χ4n) is 3.08. The normalized spacial score (nSPS) is 14.6. The molecule has 0 aromatic heterocycles. The zero-order valence-electron chi connectivity index (χ0n) is 18.0. The highest BCUT2D eigenvalue weighted by Gasteiger charge is 2.20. The van der Waals surface area contributed by atoms with Crippen LogP contribution in [-0.2, 0) is 11.3 Å². The zero-order chi connectivity index (χ0) is 21.1. The Kier molecular flexibility index (Phi) is 9.97. The van der Waals surface area contributed by atoms with Crippen LogP contribution < -0.4 is 20.1 Å². The second kappa shape index (κ2) is 12.5. The third kappa shape index (κ3) is 7.68. The van der Waals surface area contributed by atoms with E-state index >= 15 is 0 Å². The summed E-state index contributed by atoms with van der Waals surface area (Å²) in [5.41, 5.74) is 0.973. The highest BCUT2D eigenvalue weighted by molar-refractivity contribution is 7.98. The van der Waals surface area contributed by atoms with E-state index in [1.165, 1.54) is 12.8 Å². The van der Waals surface area contributed by atoms with E-state index in [9.17, 15) is 4.79 Å². The fourth-order valence-corrected chi connectivity index (χ4v) is 3.39. The third-order valence-corrected chi connectivity index (χ3v) is 5.39. The Morgan fingerprint density at radius 2 is 2.03 bits per heavy atom. The van der Waals surface area contributed by atoms with Crippen molar-refractivity contribution < 1.29 is 14.3 Å². The summed E-state index contributed by atoms with van der Waals surface area (Å²) in [4.78, 5) is 18.2. The van der Waals surface area contributed by atoms with Crippen LogP contribution in [0.3, 0.4) is 0 Å². The Morgan fingerprint density at radius 3 is 2.69 bits per heavy atom. The highest BCUT2D eigenvalue weighted by Crippen LogP contribution is 2.35. The number of para-hydroxylation sites is 1. The zero-order valence-corrected chi connectivity index (χ0v) is 18.8. The van der Waals surface area contributed by atoms with Gasteiger partial charge in [0.25, 0.3) is 0 Å². The topological polar surface area (TPSA) is 75.2 Å². The molecule has 7 nitrogen and oxygen atoms in total. The van der Waals surface area contributed by atoms with E-state index < -0.39 is 0 Å². The van der Waals surface area contributed by atoms with Gasteiger partial charge in [-0.1, -0.05) is 12.1 Å². The van der Waals surface area contributed by atoms with Crippen LogP contribution in [0.4, 0.5) is 0 Å². The molecule has 2 N–H and O–H groups in total. The number of methoxy groups -OCH3 is 1. The molecule has 1 aliphatic rings. The van der Waals surface area contributed by atoms with Crippen molar-refractivity contribution in [3.8, 4) is 11.5 Å². The van der Waals surface area contributed by atoms with Gasteiger partial charge in [-0.05, 0) is 38.0 Å². The lowest BCUT2D eigenvalue weighted by Gasteiger charge is -2.19. The molecule has 2 rings (SSSR count). The summed E-state index contributed by atoms with van der Waals surface area (Å²) in [7, 11) is 5.14. The van der Waals surface area contributed by atoms with Gasteiger partial charge < -0.3 is 25.0 Å². The van der Waals surface area contributed by atoms with Gasteiger partial charge in [0.1, 0.15) is 0 Å². The number of carbonyl (C=O) groups is 1. The molecule has 1 saturated carbocycles. The maximum absolute atomic E-state index is 11.9.